The van der Waals surface area contributed by atoms with Crippen molar-refractivity contribution in [2.24, 2.45) is 0 Å². The first-order valence-corrected chi connectivity index (χ1v) is 6.75. The predicted octanol–water partition coefficient (Wildman–Crippen LogP) is 5.03. The highest BCUT2D eigenvalue weighted by Crippen LogP contribution is 2.22. The maximum Gasteiger partial charge on any atom is 0.133 e. The summed E-state index contributed by atoms with van der Waals surface area (Å²) >= 11 is 0. The predicted molar refractivity (Wildman–Crippen MR) is 79.4 cm³/mol. The SMILES string of the molecule is C=C1CCc2cccnc2N1.CC.CC.CC. The summed E-state index contributed by atoms with van der Waals surface area (Å²) in [6.45, 7) is 15.9. The minimum Gasteiger partial charge on any atom is -0.344 e. The highest BCUT2D eigenvalue weighted by molar-refractivity contribution is 5.51. The molecular weight excluding hydrogens is 208 g/mol. The van der Waals surface area contributed by atoms with Crippen LogP contribution in [0.4, 0.5) is 5.82 Å². The number of anilines is 1. The van der Waals surface area contributed by atoms with Gasteiger partial charge in [-0.2, -0.15) is 0 Å². The lowest BCUT2D eigenvalue weighted by atomic mass is 10.1. The monoisotopic (exact) mass is 236 g/mol. The third kappa shape index (κ3) is 6.77. The average Bonchev–Trinajstić information content (AvgIpc) is 2.45. The zero-order valence-corrected chi connectivity index (χ0v) is 12.3. The van der Waals surface area contributed by atoms with Crippen molar-refractivity contribution in [3.63, 3.8) is 0 Å². The maximum atomic E-state index is 4.20. The Kier molecular flexibility index (Phi) is 13.6. The van der Waals surface area contributed by atoms with Gasteiger partial charge in [0.05, 0.1) is 0 Å². The molecule has 0 saturated heterocycles. The molecule has 98 valence electrons. The Labute approximate surface area is 107 Å². The molecule has 0 radical (unpaired) electrons. The largest absolute Gasteiger partial charge is 0.344 e. The van der Waals surface area contributed by atoms with E-state index in [1.807, 2.05) is 47.6 Å². The van der Waals surface area contributed by atoms with Gasteiger partial charge < -0.3 is 5.32 Å². The minimum absolute atomic E-state index is 0.976. The van der Waals surface area contributed by atoms with E-state index in [9.17, 15) is 0 Å². The lowest BCUT2D eigenvalue weighted by Gasteiger charge is -2.17. The van der Waals surface area contributed by atoms with E-state index >= 15 is 0 Å². The quantitative estimate of drug-likeness (QED) is 0.683. The fraction of sp³-hybridized carbons (Fsp3) is 0.533. The molecule has 0 spiro atoms. The second kappa shape index (κ2) is 12.8. The van der Waals surface area contributed by atoms with E-state index in [4.69, 9.17) is 0 Å². The van der Waals surface area contributed by atoms with Crippen LogP contribution in [0.15, 0.2) is 30.6 Å². The van der Waals surface area contributed by atoms with Crippen LogP contribution in [0.25, 0.3) is 0 Å². The summed E-state index contributed by atoms with van der Waals surface area (Å²) in [5.74, 6) is 0.976. The summed E-state index contributed by atoms with van der Waals surface area (Å²) in [4.78, 5) is 4.20. The number of aryl methyl sites for hydroxylation is 1. The van der Waals surface area contributed by atoms with Gasteiger partial charge in [-0.05, 0) is 24.5 Å². The summed E-state index contributed by atoms with van der Waals surface area (Å²) in [5.41, 5.74) is 2.36. The highest BCUT2D eigenvalue weighted by Gasteiger charge is 2.09. The zero-order valence-electron chi connectivity index (χ0n) is 12.3. The van der Waals surface area contributed by atoms with Crippen molar-refractivity contribution >= 4 is 5.82 Å². The maximum absolute atomic E-state index is 4.20. The van der Waals surface area contributed by atoms with Gasteiger partial charge in [0.1, 0.15) is 5.82 Å². The number of nitrogens with zero attached hydrogens (tertiary/aromatic N) is 1. The van der Waals surface area contributed by atoms with Crippen LogP contribution >= 0.6 is 0 Å². The molecular formula is C15H28N2. The number of allylic oxidation sites excluding steroid dienone is 1. The topological polar surface area (TPSA) is 24.9 Å². The van der Waals surface area contributed by atoms with Crippen molar-refractivity contribution in [3.05, 3.63) is 36.2 Å². The summed E-state index contributed by atoms with van der Waals surface area (Å²) < 4.78 is 0. The molecule has 1 aromatic heterocycles. The lowest BCUT2D eigenvalue weighted by Crippen LogP contribution is -2.10. The Morgan fingerprint density at radius 2 is 1.65 bits per heavy atom. The van der Waals surface area contributed by atoms with Gasteiger partial charge in [-0.1, -0.05) is 54.2 Å². The summed E-state index contributed by atoms with van der Waals surface area (Å²) in [7, 11) is 0. The van der Waals surface area contributed by atoms with Crippen molar-refractivity contribution in [2.75, 3.05) is 5.32 Å². The van der Waals surface area contributed by atoms with E-state index in [0.717, 1.165) is 24.4 Å². The Bertz CT molecular complexity index is 293. The molecule has 0 aliphatic carbocycles. The van der Waals surface area contributed by atoms with Crippen LogP contribution in [0.1, 0.15) is 53.5 Å². The van der Waals surface area contributed by atoms with Crippen molar-refractivity contribution < 1.29 is 0 Å². The van der Waals surface area contributed by atoms with Gasteiger partial charge in [0, 0.05) is 11.9 Å². The minimum atomic E-state index is 0.976. The number of hydrogen-bond acceptors (Lipinski definition) is 2. The van der Waals surface area contributed by atoms with Crippen LogP contribution in [0, 0.1) is 0 Å². The third-order valence-corrected chi connectivity index (χ3v) is 1.88. The molecule has 17 heavy (non-hydrogen) atoms. The number of hydrogen-bond donors (Lipinski definition) is 1. The second-order valence-corrected chi connectivity index (χ2v) is 2.74. The van der Waals surface area contributed by atoms with Gasteiger partial charge in [0.2, 0.25) is 0 Å². The normalized spacial score (nSPS) is 11.1. The van der Waals surface area contributed by atoms with E-state index < -0.39 is 0 Å². The smallest absolute Gasteiger partial charge is 0.133 e. The Hall–Kier alpha value is -1.31. The standard InChI is InChI=1S/C9H10N2.3C2H6/c1-7-4-5-8-3-2-6-10-9(8)11-7;3*1-2/h2-3,6H,1,4-5H2,(H,10,11);3*1-2H3. The zero-order chi connectivity index (χ0) is 13.7. The summed E-state index contributed by atoms with van der Waals surface area (Å²) in [6, 6.07) is 4.07. The van der Waals surface area contributed by atoms with Crippen molar-refractivity contribution in [1.29, 1.82) is 0 Å². The molecule has 0 bridgehead atoms. The molecule has 1 N–H and O–H groups in total. The summed E-state index contributed by atoms with van der Waals surface area (Å²) in [5, 5.41) is 3.15. The van der Waals surface area contributed by atoms with Crippen LogP contribution in [-0.4, -0.2) is 4.98 Å². The molecule has 2 nitrogen and oxygen atoms in total. The molecule has 1 aliphatic rings. The van der Waals surface area contributed by atoms with E-state index in [0.29, 0.717) is 0 Å². The van der Waals surface area contributed by atoms with E-state index in [1.165, 1.54) is 5.56 Å². The molecule has 2 rings (SSSR count). The van der Waals surface area contributed by atoms with E-state index in [1.54, 1.807) is 6.20 Å². The Balaban J connectivity index is 0. The number of nitrogens with one attached hydrogen (secondary N) is 1. The number of fused-ring (bicyclic) bond motifs is 1. The molecule has 0 saturated carbocycles. The summed E-state index contributed by atoms with van der Waals surface area (Å²) in [6.07, 6.45) is 3.89. The van der Waals surface area contributed by atoms with Gasteiger partial charge in [0.15, 0.2) is 0 Å². The fourth-order valence-corrected chi connectivity index (χ4v) is 1.27. The van der Waals surface area contributed by atoms with Gasteiger partial charge >= 0.3 is 0 Å². The van der Waals surface area contributed by atoms with Crippen molar-refractivity contribution in [1.82, 2.24) is 4.98 Å². The van der Waals surface area contributed by atoms with Crippen LogP contribution < -0.4 is 5.32 Å². The van der Waals surface area contributed by atoms with E-state index in [2.05, 4.69) is 22.9 Å². The molecule has 0 unspecified atom stereocenters. The van der Waals surface area contributed by atoms with Crippen LogP contribution in [0.2, 0.25) is 0 Å². The first kappa shape index (κ1) is 18.1. The van der Waals surface area contributed by atoms with Gasteiger partial charge in [0.25, 0.3) is 0 Å². The average molecular weight is 236 g/mol. The molecule has 0 aromatic carbocycles. The molecule has 1 aromatic rings. The molecule has 0 fully saturated rings. The van der Waals surface area contributed by atoms with E-state index in [-0.39, 0.29) is 0 Å². The van der Waals surface area contributed by atoms with Crippen LogP contribution in [0.3, 0.4) is 0 Å². The fourth-order valence-electron chi connectivity index (χ4n) is 1.27. The van der Waals surface area contributed by atoms with Crippen LogP contribution in [0.5, 0.6) is 0 Å². The third-order valence-electron chi connectivity index (χ3n) is 1.88. The second-order valence-electron chi connectivity index (χ2n) is 2.74. The van der Waals surface area contributed by atoms with Crippen LogP contribution in [-0.2, 0) is 6.42 Å². The van der Waals surface area contributed by atoms with Gasteiger partial charge in [-0.25, -0.2) is 4.98 Å². The number of aromatic nitrogens is 1. The lowest BCUT2D eigenvalue weighted by molar-refractivity contribution is 0.902. The Morgan fingerprint density at radius 3 is 2.24 bits per heavy atom. The van der Waals surface area contributed by atoms with Gasteiger partial charge in [-0.3, -0.25) is 0 Å². The first-order valence-electron chi connectivity index (χ1n) is 6.75. The first-order chi connectivity index (χ1) is 8.36. The molecule has 0 atom stereocenters. The van der Waals surface area contributed by atoms with Crippen molar-refractivity contribution in [3.8, 4) is 0 Å². The molecule has 2 heteroatoms. The van der Waals surface area contributed by atoms with Gasteiger partial charge in [-0.15, -0.1) is 0 Å². The molecule has 1 aliphatic heterocycles. The molecule has 2 heterocycles. The Morgan fingerprint density at radius 1 is 1.06 bits per heavy atom. The van der Waals surface area contributed by atoms with Crippen molar-refractivity contribution in [2.45, 2.75) is 54.4 Å². The highest BCUT2D eigenvalue weighted by atomic mass is 15.0. The number of pyridine rings is 1. The molecule has 0 amide bonds. The number of rotatable bonds is 0.